The zero-order valence-corrected chi connectivity index (χ0v) is 15.3. The summed E-state index contributed by atoms with van der Waals surface area (Å²) < 4.78 is 5.11. The van der Waals surface area contributed by atoms with Crippen LogP contribution in [0.5, 0.6) is 0 Å². The maximum absolute atomic E-state index is 12.9. The van der Waals surface area contributed by atoms with Crippen molar-refractivity contribution in [3.8, 4) is 11.3 Å². The largest absolute Gasteiger partial charge is 0.466 e. The van der Waals surface area contributed by atoms with Crippen molar-refractivity contribution in [1.29, 1.82) is 0 Å². The molecule has 1 saturated heterocycles. The Morgan fingerprint density at radius 2 is 1.96 bits per heavy atom. The summed E-state index contributed by atoms with van der Waals surface area (Å²) in [5.41, 5.74) is 3.17. The van der Waals surface area contributed by atoms with E-state index >= 15 is 0 Å². The molecule has 0 aliphatic carbocycles. The van der Waals surface area contributed by atoms with Gasteiger partial charge in [-0.2, -0.15) is 0 Å². The van der Waals surface area contributed by atoms with Gasteiger partial charge in [0.25, 0.3) is 5.91 Å². The minimum Gasteiger partial charge on any atom is -0.466 e. The first kappa shape index (κ1) is 18.1. The highest BCUT2D eigenvalue weighted by Crippen LogP contribution is 2.23. The van der Waals surface area contributed by atoms with Crippen molar-refractivity contribution in [3.63, 3.8) is 0 Å². The summed E-state index contributed by atoms with van der Waals surface area (Å²) in [5, 5.41) is 0. The molecule has 1 fully saturated rings. The minimum absolute atomic E-state index is 0.0661. The minimum atomic E-state index is -0.232. The molecule has 3 rings (SSSR count). The van der Waals surface area contributed by atoms with Crippen LogP contribution < -0.4 is 0 Å². The van der Waals surface area contributed by atoms with Gasteiger partial charge in [-0.25, -0.2) is 0 Å². The van der Waals surface area contributed by atoms with Crippen LogP contribution in [0.25, 0.3) is 11.3 Å². The number of carbonyl (C=O) groups is 2. The summed E-state index contributed by atoms with van der Waals surface area (Å²) >= 11 is 0. The summed E-state index contributed by atoms with van der Waals surface area (Å²) in [4.78, 5) is 31.3. The predicted octanol–water partition coefficient (Wildman–Crippen LogP) is 3.47. The van der Waals surface area contributed by atoms with E-state index in [2.05, 4.69) is 4.98 Å². The maximum atomic E-state index is 12.9. The van der Waals surface area contributed by atoms with Gasteiger partial charge in [0.1, 0.15) is 0 Å². The van der Waals surface area contributed by atoms with E-state index in [0.717, 1.165) is 24.1 Å². The van der Waals surface area contributed by atoms with Crippen molar-refractivity contribution >= 4 is 11.9 Å². The number of hydrogen-bond donors (Lipinski definition) is 0. The number of nitrogens with zero attached hydrogens (tertiary/aromatic N) is 2. The van der Waals surface area contributed by atoms with E-state index in [1.807, 2.05) is 49.4 Å². The van der Waals surface area contributed by atoms with E-state index in [9.17, 15) is 9.59 Å². The van der Waals surface area contributed by atoms with Gasteiger partial charge in [-0.3, -0.25) is 14.6 Å². The smallest absolute Gasteiger partial charge is 0.310 e. The molecule has 2 heterocycles. The lowest BCUT2D eigenvalue weighted by Crippen LogP contribution is -2.43. The molecule has 2 aromatic rings. The first-order valence-corrected chi connectivity index (χ1v) is 9.09. The Morgan fingerprint density at radius 1 is 1.19 bits per heavy atom. The summed E-state index contributed by atoms with van der Waals surface area (Å²) in [6.07, 6.45) is 1.58. The fraction of sp³-hybridized carbons (Fsp3) is 0.381. The zero-order chi connectivity index (χ0) is 18.5. The first-order valence-electron chi connectivity index (χ1n) is 9.09. The van der Waals surface area contributed by atoms with Gasteiger partial charge in [-0.1, -0.05) is 30.3 Å². The van der Waals surface area contributed by atoms with Crippen molar-refractivity contribution in [3.05, 3.63) is 53.7 Å². The molecule has 1 aliphatic heterocycles. The van der Waals surface area contributed by atoms with E-state index < -0.39 is 0 Å². The molecule has 1 amide bonds. The number of rotatable bonds is 4. The van der Waals surface area contributed by atoms with E-state index in [-0.39, 0.29) is 17.8 Å². The Kier molecular flexibility index (Phi) is 5.66. The zero-order valence-electron chi connectivity index (χ0n) is 15.3. The van der Waals surface area contributed by atoms with Gasteiger partial charge in [0.2, 0.25) is 0 Å². The molecule has 0 spiro atoms. The predicted molar refractivity (Wildman–Crippen MR) is 99.7 cm³/mol. The topological polar surface area (TPSA) is 59.5 Å². The van der Waals surface area contributed by atoms with Crippen LogP contribution >= 0.6 is 0 Å². The summed E-state index contributed by atoms with van der Waals surface area (Å²) in [6.45, 7) is 5.10. The normalized spacial score (nSPS) is 17.0. The number of aryl methyl sites for hydroxylation is 1. The molecule has 0 bridgehead atoms. The number of pyridine rings is 1. The number of amides is 1. The molecule has 0 N–H and O–H groups in total. The molecule has 5 nitrogen and oxygen atoms in total. The van der Waals surface area contributed by atoms with Crippen molar-refractivity contribution in [2.75, 3.05) is 19.7 Å². The van der Waals surface area contributed by atoms with Crippen molar-refractivity contribution in [2.45, 2.75) is 26.7 Å². The Morgan fingerprint density at radius 3 is 2.65 bits per heavy atom. The number of likely N-dealkylation sites (tertiary alicyclic amines) is 1. The maximum Gasteiger partial charge on any atom is 0.310 e. The van der Waals surface area contributed by atoms with Crippen molar-refractivity contribution < 1.29 is 14.3 Å². The number of benzene rings is 1. The monoisotopic (exact) mass is 352 g/mol. The van der Waals surface area contributed by atoms with Crippen LogP contribution in [-0.2, 0) is 9.53 Å². The highest BCUT2D eigenvalue weighted by atomic mass is 16.5. The lowest BCUT2D eigenvalue weighted by Gasteiger charge is -2.31. The highest BCUT2D eigenvalue weighted by Gasteiger charge is 2.30. The molecule has 1 aliphatic rings. The Labute approximate surface area is 154 Å². The van der Waals surface area contributed by atoms with Crippen molar-refractivity contribution in [2.24, 2.45) is 5.92 Å². The van der Waals surface area contributed by atoms with Crippen LogP contribution in [0.4, 0.5) is 0 Å². The number of piperidine rings is 1. The van der Waals surface area contributed by atoms with E-state index in [4.69, 9.17) is 4.74 Å². The van der Waals surface area contributed by atoms with Gasteiger partial charge in [-0.05, 0) is 38.8 Å². The molecule has 5 heteroatoms. The third kappa shape index (κ3) is 3.93. The number of ether oxygens (including phenoxy) is 1. The highest BCUT2D eigenvalue weighted by molar-refractivity contribution is 5.96. The molecule has 1 aromatic heterocycles. The number of esters is 1. The standard InChI is InChI=1S/C21H24N2O3/c1-3-26-21(25)17-10-7-13-23(14-17)20(24)18-11-12-19(22-15(18)2)16-8-5-4-6-9-16/h4-6,8-9,11-12,17H,3,7,10,13-14H2,1-2H3/t17-/m0/s1. The average molecular weight is 352 g/mol. The molecule has 1 aromatic carbocycles. The Balaban J connectivity index is 1.76. The molecular formula is C21H24N2O3. The van der Waals surface area contributed by atoms with E-state index in [1.54, 1.807) is 11.8 Å². The van der Waals surface area contributed by atoms with Gasteiger partial charge in [-0.15, -0.1) is 0 Å². The van der Waals surface area contributed by atoms with Gasteiger partial charge in [0, 0.05) is 18.7 Å². The Bertz CT molecular complexity index is 789. The lowest BCUT2D eigenvalue weighted by atomic mass is 9.97. The average Bonchev–Trinajstić information content (AvgIpc) is 2.68. The second-order valence-corrected chi connectivity index (χ2v) is 6.54. The number of carbonyl (C=O) groups excluding carboxylic acids is 2. The second kappa shape index (κ2) is 8.13. The lowest BCUT2D eigenvalue weighted by molar-refractivity contribution is -0.149. The summed E-state index contributed by atoms with van der Waals surface area (Å²) in [7, 11) is 0. The van der Waals surface area contributed by atoms with Crippen LogP contribution in [0.2, 0.25) is 0 Å². The van der Waals surface area contributed by atoms with Crippen LogP contribution in [-0.4, -0.2) is 41.5 Å². The van der Waals surface area contributed by atoms with E-state index in [0.29, 0.717) is 31.0 Å². The number of aromatic nitrogens is 1. The third-order valence-corrected chi connectivity index (χ3v) is 4.71. The van der Waals surface area contributed by atoms with Crippen LogP contribution in [0, 0.1) is 12.8 Å². The van der Waals surface area contributed by atoms with Crippen LogP contribution in [0.1, 0.15) is 35.8 Å². The van der Waals surface area contributed by atoms with Crippen molar-refractivity contribution in [1.82, 2.24) is 9.88 Å². The van der Waals surface area contributed by atoms with Crippen LogP contribution in [0.15, 0.2) is 42.5 Å². The first-order chi connectivity index (χ1) is 12.6. The van der Waals surface area contributed by atoms with Crippen LogP contribution in [0.3, 0.4) is 0 Å². The number of hydrogen-bond acceptors (Lipinski definition) is 4. The molecule has 1 atom stereocenters. The fourth-order valence-corrected chi connectivity index (χ4v) is 3.34. The molecule has 0 saturated carbocycles. The third-order valence-electron chi connectivity index (χ3n) is 4.71. The molecule has 136 valence electrons. The van der Waals surface area contributed by atoms with Gasteiger partial charge < -0.3 is 9.64 Å². The second-order valence-electron chi connectivity index (χ2n) is 6.54. The van der Waals surface area contributed by atoms with Gasteiger partial charge in [0.05, 0.1) is 29.5 Å². The SMILES string of the molecule is CCOC(=O)[C@H]1CCCN(C(=O)c2ccc(-c3ccccc3)nc2C)C1. The molecule has 0 radical (unpaired) electrons. The fourth-order valence-electron chi connectivity index (χ4n) is 3.34. The Hall–Kier alpha value is -2.69. The molecular weight excluding hydrogens is 328 g/mol. The van der Waals surface area contributed by atoms with Gasteiger partial charge in [0.15, 0.2) is 0 Å². The summed E-state index contributed by atoms with van der Waals surface area (Å²) in [5.74, 6) is -0.507. The summed E-state index contributed by atoms with van der Waals surface area (Å²) in [6, 6.07) is 13.6. The van der Waals surface area contributed by atoms with E-state index in [1.165, 1.54) is 0 Å². The molecule has 26 heavy (non-hydrogen) atoms. The molecule has 0 unspecified atom stereocenters. The quantitative estimate of drug-likeness (QED) is 0.791. The van der Waals surface area contributed by atoms with Gasteiger partial charge >= 0.3 is 5.97 Å².